The predicted octanol–water partition coefficient (Wildman–Crippen LogP) is 3.76. The molecule has 0 atom stereocenters. The van der Waals surface area contributed by atoms with Gasteiger partial charge in [0.15, 0.2) is 11.6 Å². The number of aromatic nitrogens is 3. The fourth-order valence-corrected chi connectivity index (χ4v) is 3.76. The van der Waals surface area contributed by atoms with E-state index in [1.54, 1.807) is 30.3 Å². The Labute approximate surface area is 159 Å². The maximum atomic E-state index is 13.6. The number of nitrogens with one attached hydrogen (secondary N) is 1. The van der Waals surface area contributed by atoms with Gasteiger partial charge in [-0.05, 0) is 24.3 Å². The number of nitrogens with zero attached hydrogens (tertiary/aromatic N) is 3. The molecule has 2 aromatic carbocycles. The van der Waals surface area contributed by atoms with Crippen LogP contribution in [0.5, 0.6) is 11.8 Å². The second-order valence-corrected chi connectivity index (χ2v) is 7.37. The topological polar surface area (TPSA) is 94.1 Å². The van der Waals surface area contributed by atoms with Crippen LogP contribution in [0, 0.1) is 5.82 Å². The zero-order valence-electron chi connectivity index (χ0n) is 14.3. The van der Waals surface area contributed by atoms with E-state index in [-0.39, 0.29) is 22.3 Å². The molecule has 2 aromatic heterocycles. The minimum atomic E-state index is -3.91. The molecule has 0 aliphatic heterocycles. The molecule has 0 spiro atoms. The Kier molecular flexibility index (Phi) is 4.58. The van der Waals surface area contributed by atoms with E-state index in [4.69, 9.17) is 4.74 Å². The van der Waals surface area contributed by atoms with E-state index in [2.05, 4.69) is 19.7 Å². The van der Waals surface area contributed by atoms with Crippen LogP contribution in [0.3, 0.4) is 0 Å². The summed E-state index contributed by atoms with van der Waals surface area (Å²) in [6.07, 6.45) is 4.00. The number of hydrogen-bond acceptors (Lipinski definition) is 6. The smallest absolute Gasteiger partial charge is 0.322 e. The van der Waals surface area contributed by atoms with Crippen LogP contribution in [0.1, 0.15) is 0 Å². The fraction of sp³-hybridized carbons (Fsp3) is 0. The van der Waals surface area contributed by atoms with Gasteiger partial charge >= 0.3 is 6.01 Å². The first-order valence-corrected chi connectivity index (χ1v) is 9.62. The van der Waals surface area contributed by atoms with Crippen molar-refractivity contribution in [3.05, 3.63) is 79.0 Å². The Balaban J connectivity index is 1.57. The summed E-state index contributed by atoms with van der Waals surface area (Å²) in [5.74, 6) is -0.586. The quantitative estimate of drug-likeness (QED) is 0.552. The number of rotatable bonds is 5. The summed E-state index contributed by atoms with van der Waals surface area (Å²) in [6, 6.07) is 14.1. The van der Waals surface area contributed by atoms with Gasteiger partial charge in [-0.1, -0.05) is 30.3 Å². The van der Waals surface area contributed by atoms with E-state index >= 15 is 0 Å². The van der Waals surface area contributed by atoms with Crippen LogP contribution in [-0.2, 0) is 10.0 Å². The molecule has 2 heterocycles. The molecule has 140 valence electrons. The third-order valence-electron chi connectivity index (χ3n) is 3.80. The molecule has 0 fully saturated rings. The number of halogens is 1. The van der Waals surface area contributed by atoms with Crippen molar-refractivity contribution in [3.8, 4) is 11.8 Å². The highest BCUT2D eigenvalue weighted by Crippen LogP contribution is 2.24. The highest BCUT2D eigenvalue weighted by Gasteiger charge is 2.19. The first-order chi connectivity index (χ1) is 13.5. The van der Waals surface area contributed by atoms with E-state index in [0.717, 1.165) is 0 Å². The Morgan fingerprint density at radius 3 is 2.43 bits per heavy atom. The molecule has 7 nitrogen and oxygen atoms in total. The Morgan fingerprint density at radius 2 is 1.64 bits per heavy atom. The molecule has 0 unspecified atom stereocenters. The molecule has 0 aliphatic rings. The highest BCUT2D eigenvalue weighted by molar-refractivity contribution is 7.93. The molecule has 0 saturated carbocycles. The number of sulfonamides is 1. The number of hydrogen-bond donors (Lipinski definition) is 1. The minimum absolute atomic E-state index is 0.0299. The van der Waals surface area contributed by atoms with Crippen molar-refractivity contribution in [1.29, 1.82) is 0 Å². The Bertz CT molecular complexity index is 1240. The molecule has 0 aliphatic carbocycles. The normalized spacial score (nSPS) is 11.3. The lowest BCUT2D eigenvalue weighted by Crippen LogP contribution is -2.14. The zero-order chi connectivity index (χ0) is 19.6. The van der Waals surface area contributed by atoms with Gasteiger partial charge < -0.3 is 4.74 Å². The third-order valence-corrected chi connectivity index (χ3v) is 5.22. The van der Waals surface area contributed by atoms with Crippen molar-refractivity contribution >= 4 is 26.6 Å². The summed E-state index contributed by atoms with van der Waals surface area (Å²) in [6.45, 7) is 0. The van der Waals surface area contributed by atoms with Gasteiger partial charge in [0.2, 0.25) is 0 Å². The van der Waals surface area contributed by atoms with Gasteiger partial charge in [-0.15, -0.1) is 0 Å². The summed E-state index contributed by atoms with van der Waals surface area (Å²) in [5.41, 5.74) is 0.492. The number of ether oxygens (including phenoxy) is 1. The van der Waals surface area contributed by atoms with Crippen LogP contribution in [-0.4, -0.2) is 23.4 Å². The average molecular weight is 396 g/mol. The second-order valence-electron chi connectivity index (χ2n) is 5.72. The van der Waals surface area contributed by atoms with Crippen LogP contribution in [0.4, 0.5) is 10.1 Å². The predicted molar refractivity (Wildman–Crippen MR) is 101 cm³/mol. The third kappa shape index (κ3) is 3.60. The van der Waals surface area contributed by atoms with E-state index in [1.165, 1.54) is 42.9 Å². The lowest BCUT2D eigenvalue weighted by molar-refractivity contribution is 0.411. The van der Waals surface area contributed by atoms with Gasteiger partial charge in [0.1, 0.15) is 4.90 Å². The summed E-state index contributed by atoms with van der Waals surface area (Å²) in [4.78, 5) is 12.0. The number of anilines is 1. The van der Waals surface area contributed by atoms with Crippen molar-refractivity contribution in [1.82, 2.24) is 15.0 Å². The van der Waals surface area contributed by atoms with Crippen LogP contribution in [0.15, 0.2) is 78.1 Å². The molecule has 0 saturated heterocycles. The summed E-state index contributed by atoms with van der Waals surface area (Å²) < 4.78 is 46.8. The zero-order valence-corrected chi connectivity index (χ0v) is 15.1. The van der Waals surface area contributed by atoms with Gasteiger partial charge in [-0.2, -0.15) is 0 Å². The molecule has 0 radical (unpaired) electrons. The van der Waals surface area contributed by atoms with Crippen LogP contribution < -0.4 is 9.46 Å². The van der Waals surface area contributed by atoms with Crippen LogP contribution >= 0.6 is 0 Å². The number of pyridine rings is 1. The van der Waals surface area contributed by atoms with Crippen molar-refractivity contribution in [2.24, 2.45) is 0 Å². The van der Waals surface area contributed by atoms with Crippen LogP contribution in [0.2, 0.25) is 0 Å². The van der Waals surface area contributed by atoms with Gasteiger partial charge in [0, 0.05) is 11.6 Å². The van der Waals surface area contributed by atoms with Gasteiger partial charge in [-0.25, -0.2) is 22.8 Å². The lowest BCUT2D eigenvalue weighted by Gasteiger charge is -2.10. The van der Waals surface area contributed by atoms with E-state index in [1.807, 2.05) is 0 Å². The van der Waals surface area contributed by atoms with Crippen molar-refractivity contribution in [3.63, 3.8) is 0 Å². The Hall–Kier alpha value is -3.59. The monoisotopic (exact) mass is 396 g/mol. The molecule has 9 heteroatoms. The van der Waals surface area contributed by atoms with Crippen LogP contribution in [0.25, 0.3) is 10.9 Å². The summed E-state index contributed by atoms with van der Waals surface area (Å²) >= 11 is 0. The number of fused-ring (bicyclic) bond motifs is 1. The fourth-order valence-electron chi connectivity index (χ4n) is 2.55. The molecule has 0 bridgehead atoms. The second kappa shape index (κ2) is 7.20. The number of benzene rings is 2. The van der Waals surface area contributed by atoms with Crippen molar-refractivity contribution < 1.29 is 17.5 Å². The highest BCUT2D eigenvalue weighted by atomic mass is 32.2. The van der Waals surface area contributed by atoms with E-state index in [9.17, 15) is 12.8 Å². The maximum Gasteiger partial charge on any atom is 0.322 e. The van der Waals surface area contributed by atoms with Gasteiger partial charge in [-0.3, -0.25) is 9.71 Å². The van der Waals surface area contributed by atoms with Crippen molar-refractivity contribution in [2.45, 2.75) is 4.90 Å². The SMILES string of the molecule is O=S(=O)(Nc1cnc(Oc2ccccc2F)nc1)c1cccc2cccnc12. The minimum Gasteiger partial charge on any atom is -0.421 e. The molecular weight excluding hydrogens is 383 g/mol. The summed E-state index contributed by atoms with van der Waals surface area (Å²) in [7, 11) is -3.91. The molecule has 0 amide bonds. The lowest BCUT2D eigenvalue weighted by atomic mass is 10.2. The summed E-state index contributed by atoms with van der Waals surface area (Å²) in [5, 5.41) is 0.704. The molecule has 4 aromatic rings. The first kappa shape index (κ1) is 17.8. The first-order valence-electron chi connectivity index (χ1n) is 8.14. The standard InChI is InChI=1S/C19H13FN4O3S/c20-15-7-1-2-8-16(15)27-19-22-11-14(12-23-19)24-28(25,26)17-9-3-5-13-6-4-10-21-18(13)17/h1-12,24H. The van der Waals surface area contributed by atoms with E-state index in [0.29, 0.717) is 10.9 Å². The molecular formula is C19H13FN4O3S. The largest absolute Gasteiger partial charge is 0.421 e. The van der Waals surface area contributed by atoms with Crippen molar-refractivity contribution in [2.75, 3.05) is 4.72 Å². The van der Waals surface area contributed by atoms with E-state index < -0.39 is 15.8 Å². The molecule has 4 rings (SSSR count). The van der Waals surface area contributed by atoms with Gasteiger partial charge in [0.25, 0.3) is 10.0 Å². The average Bonchev–Trinajstić information content (AvgIpc) is 2.70. The number of para-hydroxylation sites is 2. The Morgan fingerprint density at radius 1 is 0.893 bits per heavy atom. The van der Waals surface area contributed by atoms with Gasteiger partial charge in [0.05, 0.1) is 23.6 Å². The maximum absolute atomic E-state index is 13.6. The molecule has 28 heavy (non-hydrogen) atoms. The molecule has 1 N–H and O–H groups in total.